The lowest BCUT2D eigenvalue weighted by atomic mass is 10.0. The highest BCUT2D eigenvalue weighted by molar-refractivity contribution is 5.83. The quantitative estimate of drug-likeness (QED) is 0.819. The van der Waals surface area contributed by atoms with Crippen LogP contribution >= 0.6 is 0 Å². The SMILES string of the molecule is COc1ccc(C2=Cc3ccc(OC)cc3CCC2)cc1. The third-order valence-electron chi connectivity index (χ3n) is 4.03. The first-order valence-corrected chi connectivity index (χ1v) is 7.32. The summed E-state index contributed by atoms with van der Waals surface area (Å²) in [6.07, 6.45) is 5.67. The van der Waals surface area contributed by atoms with Crippen LogP contribution in [0, 0.1) is 0 Å². The lowest BCUT2D eigenvalue weighted by Crippen LogP contribution is -1.90. The van der Waals surface area contributed by atoms with E-state index < -0.39 is 0 Å². The van der Waals surface area contributed by atoms with E-state index in [4.69, 9.17) is 9.47 Å². The van der Waals surface area contributed by atoms with Crippen LogP contribution in [0.3, 0.4) is 0 Å². The third kappa shape index (κ3) is 2.94. The molecular weight excluding hydrogens is 260 g/mol. The van der Waals surface area contributed by atoms with Crippen molar-refractivity contribution in [3.8, 4) is 11.5 Å². The average Bonchev–Trinajstić information content (AvgIpc) is 2.76. The van der Waals surface area contributed by atoms with E-state index in [1.807, 2.05) is 18.2 Å². The Morgan fingerprint density at radius 3 is 2.24 bits per heavy atom. The van der Waals surface area contributed by atoms with Crippen molar-refractivity contribution in [2.45, 2.75) is 19.3 Å². The van der Waals surface area contributed by atoms with Crippen molar-refractivity contribution in [3.63, 3.8) is 0 Å². The molecule has 0 aromatic heterocycles. The van der Waals surface area contributed by atoms with Crippen molar-refractivity contribution in [1.29, 1.82) is 0 Å². The second kappa shape index (κ2) is 6.04. The lowest BCUT2D eigenvalue weighted by Gasteiger charge is -2.07. The van der Waals surface area contributed by atoms with Crippen molar-refractivity contribution < 1.29 is 9.47 Å². The predicted molar refractivity (Wildman–Crippen MR) is 86.8 cm³/mol. The summed E-state index contributed by atoms with van der Waals surface area (Å²) in [6.45, 7) is 0. The van der Waals surface area contributed by atoms with Gasteiger partial charge in [-0.1, -0.05) is 24.3 Å². The van der Waals surface area contributed by atoms with Gasteiger partial charge in [-0.3, -0.25) is 0 Å². The van der Waals surface area contributed by atoms with E-state index in [9.17, 15) is 0 Å². The molecule has 0 amide bonds. The predicted octanol–water partition coefficient (Wildman–Crippen LogP) is 4.58. The maximum absolute atomic E-state index is 5.32. The van der Waals surface area contributed by atoms with Crippen LogP contribution in [0.4, 0.5) is 0 Å². The van der Waals surface area contributed by atoms with Crippen LogP contribution in [0.15, 0.2) is 42.5 Å². The zero-order valence-corrected chi connectivity index (χ0v) is 12.6. The zero-order valence-electron chi connectivity index (χ0n) is 12.6. The first-order valence-electron chi connectivity index (χ1n) is 7.32. The molecule has 2 heteroatoms. The number of aryl methyl sites for hydroxylation is 1. The number of fused-ring (bicyclic) bond motifs is 1. The summed E-state index contributed by atoms with van der Waals surface area (Å²) in [5, 5.41) is 0. The summed E-state index contributed by atoms with van der Waals surface area (Å²) >= 11 is 0. The minimum absolute atomic E-state index is 0.901. The summed E-state index contributed by atoms with van der Waals surface area (Å²) in [5.74, 6) is 1.84. The van der Waals surface area contributed by atoms with Crippen molar-refractivity contribution in [1.82, 2.24) is 0 Å². The Morgan fingerprint density at radius 1 is 0.810 bits per heavy atom. The van der Waals surface area contributed by atoms with E-state index in [1.165, 1.54) is 22.3 Å². The van der Waals surface area contributed by atoms with Gasteiger partial charge in [0.1, 0.15) is 11.5 Å². The van der Waals surface area contributed by atoms with Crippen LogP contribution in [-0.4, -0.2) is 14.2 Å². The molecule has 0 fully saturated rings. The number of allylic oxidation sites excluding steroid dienone is 1. The molecular formula is C19H20O2. The number of benzene rings is 2. The van der Waals surface area contributed by atoms with Gasteiger partial charge in [-0.05, 0) is 65.8 Å². The highest BCUT2D eigenvalue weighted by atomic mass is 16.5. The second-order valence-corrected chi connectivity index (χ2v) is 5.32. The van der Waals surface area contributed by atoms with Crippen molar-refractivity contribution in [2.24, 2.45) is 0 Å². The molecule has 1 aliphatic carbocycles. The van der Waals surface area contributed by atoms with E-state index in [2.05, 4.69) is 30.3 Å². The van der Waals surface area contributed by atoms with Crippen LogP contribution in [0.5, 0.6) is 11.5 Å². The molecule has 0 unspecified atom stereocenters. The van der Waals surface area contributed by atoms with E-state index in [1.54, 1.807) is 14.2 Å². The Morgan fingerprint density at radius 2 is 1.52 bits per heavy atom. The Bertz CT molecular complexity index is 654. The van der Waals surface area contributed by atoms with Gasteiger partial charge in [0.2, 0.25) is 0 Å². The van der Waals surface area contributed by atoms with Gasteiger partial charge in [0.05, 0.1) is 14.2 Å². The summed E-state index contributed by atoms with van der Waals surface area (Å²) in [6, 6.07) is 14.7. The van der Waals surface area contributed by atoms with Gasteiger partial charge in [-0.2, -0.15) is 0 Å². The molecule has 21 heavy (non-hydrogen) atoms. The monoisotopic (exact) mass is 280 g/mol. The maximum atomic E-state index is 5.32. The summed E-state index contributed by atoms with van der Waals surface area (Å²) in [4.78, 5) is 0. The number of methoxy groups -OCH3 is 2. The molecule has 3 rings (SSSR count). The van der Waals surface area contributed by atoms with E-state index in [0.29, 0.717) is 0 Å². The molecule has 0 saturated carbocycles. The molecule has 0 spiro atoms. The standard InChI is InChI=1S/C19H20O2/c1-20-18-9-6-14(7-10-18)15-4-3-5-16-13-19(21-2)11-8-17(16)12-15/h6-13H,3-5H2,1-2H3. The third-order valence-corrected chi connectivity index (χ3v) is 4.03. The highest BCUT2D eigenvalue weighted by Gasteiger charge is 2.11. The molecule has 0 heterocycles. The number of rotatable bonds is 3. The smallest absolute Gasteiger partial charge is 0.119 e. The molecule has 0 radical (unpaired) electrons. The largest absolute Gasteiger partial charge is 0.497 e. The fourth-order valence-corrected chi connectivity index (χ4v) is 2.83. The summed E-state index contributed by atoms with van der Waals surface area (Å²) < 4.78 is 10.6. The molecule has 2 aromatic carbocycles. The average molecular weight is 280 g/mol. The van der Waals surface area contributed by atoms with Gasteiger partial charge in [0.25, 0.3) is 0 Å². The van der Waals surface area contributed by atoms with Crippen molar-refractivity contribution >= 4 is 11.6 Å². The molecule has 108 valence electrons. The number of ether oxygens (including phenoxy) is 2. The number of hydrogen-bond donors (Lipinski definition) is 0. The van der Waals surface area contributed by atoms with Gasteiger partial charge in [0, 0.05) is 0 Å². The zero-order chi connectivity index (χ0) is 14.7. The molecule has 2 nitrogen and oxygen atoms in total. The Balaban J connectivity index is 1.96. The molecule has 0 bridgehead atoms. The minimum Gasteiger partial charge on any atom is -0.497 e. The molecule has 0 saturated heterocycles. The minimum atomic E-state index is 0.901. The number of hydrogen-bond acceptors (Lipinski definition) is 2. The highest BCUT2D eigenvalue weighted by Crippen LogP contribution is 2.31. The molecule has 0 aliphatic heterocycles. The second-order valence-electron chi connectivity index (χ2n) is 5.32. The molecule has 0 atom stereocenters. The van der Waals surface area contributed by atoms with Crippen LogP contribution in [0.25, 0.3) is 11.6 Å². The Labute approximate surface area is 126 Å². The van der Waals surface area contributed by atoms with Gasteiger partial charge >= 0.3 is 0 Å². The van der Waals surface area contributed by atoms with E-state index >= 15 is 0 Å². The molecule has 2 aromatic rings. The van der Waals surface area contributed by atoms with Gasteiger partial charge < -0.3 is 9.47 Å². The van der Waals surface area contributed by atoms with Crippen LogP contribution < -0.4 is 9.47 Å². The Hall–Kier alpha value is -2.22. The summed E-state index contributed by atoms with van der Waals surface area (Å²) in [5.41, 5.74) is 5.35. The van der Waals surface area contributed by atoms with Crippen LogP contribution in [0.1, 0.15) is 29.5 Å². The van der Waals surface area contributed by atoms with Crippen LogP contribution in [0.2, 0.25) is 0 Å². The van der Waals surface area contributed by atoms with E-state index in [0.717, 1.165) is 30.8 Å². The summed E-state index contributed by atoms with van der Waals surface area (Å²) in [7, 11) is 3.42. The van der Waals surface area contributed by atoms with Crippen molar-refractivity contribution in [3.05, 3.63) is 59.2 Å². The first-order chi connectivity index (χ1) is 10.3. The van der Waals surface area contributed by atoms with Gasteiger partial charge in [-0.25, -0.2) is 0 Å². The van der Waals surface area contributed by atoms with Crippen molar-refractivity contribution in [2.75, 3.05) is 14.2 Å². The topological polar surface area (TPSA) is 18.5 Å². The van der Waals surface area contributed by atoms with Gasteiger partial charge in [-0.15, -0.1) is 0 Å². The van der Waals surface area contributed by atoms with E-state index in [-0.39, 0.29) is 0 Å². The Kier molecular flexibility index (Phi) is 3.96. The first kappa shape index (κ1) is 13.7. The molecule has 1 aliphatic rings. The van der Waals surface area contributed by atoms with Crippen LogP contribution in [-0.2, 0) is 6.42 Å². The fourth-order valence-electron chi connectivity index (χ4n) is 2.83. The molecule has 0 N–H and O–H groups in total. The normalized spacial score (nSPS) is 13.9. The fraction of sp³-hybridized carbons (Fsp3) is 0.263. The van der Waals surface area contributed by atoms with Gasteiger partial charge in [0.15, 0.2) is 0 Å². The lowest BCUT2D eigenvalue weighted by molar-refractivity contribution is 0.414. The maximum Gasteiger partial charge on any atom is 0.119 e.